The predicted molar refractivity (Wildman–Crippen MR) is 104 cm³/mol. The summed E-state index contributed by atoms with van der Waals surface area (Å²) in [6.45, 7) is 0.617. The first-order valence-electron chi connectivity index (χ1n) is 9.70. The maximum atomic E-state index is 13.1. The van der Waals surface area contributed by atoms with E-state index in [1.807, 2.05) is 43.4 Å². The number of carbonyl (C=O) groups is 2. The van der Waals surface area contributed by atoms with E-state index in [0.29, 0.717) is 19.4 Å². The minimum atomic E-state index is -0.860. The first-order chi connectivity index (χ1) is 13.5. The minimum absolute atomic E-state index is 0.0180. The van der Waals surface area contributed by atoms with Crippen LogP contribution in [0.5, 0.6) is 0 Å². The first-order valence-corrected chi connectivity index (χ1v) is 9.70. The molecular weight excluding hydrogens is 358 g/mol. The predicted octanol–water partition coefficient (Wildman–Crippen LogP) is 2.48. The van der Waals surface area contributed by atoms with E-state index < -0.39 is 5.97 Å². The third-order valence-corrected chi connectivity index (χ3v) is 5.19. The molecule has 1 aliphatic heterocycles. The number of ether oxygens (including phenoxy) is 1. The summed E-state index contributed by atoms with van der Waals surface area (Å²) in [5, 5.41) is 16.3. The van der Waals surface area contributed by atoms with Crippen molar-refractivity contribution in [2.24, 2.45) is 13.0 Å². The molecule has 2 aromatic rings. The smallest absolute Gasteiger partial charge is 0.303 e. The van der Waals surface area contributed by atoms with Gasteiger partial charge >= 0.3 is 5.97 Å². The lowest BCUT2D eigenvalue weighted by Gasteiger charge is -2.32. The zero-order valence-corrected chi connectivity index (χ0v) is 16.1. The Labute approximate surface area is 164 Å². The summed E-state index contributed by atoms with van der Waals surface area (Å²) in [4.78, 5) is 24.1. The lowest BCUT2D eigenvalue weighted by atomic mass is 9.90. The Balaban J connectivity index is 1.71. The van der Waals surface area contributed by atoms with Crippen LogP contribution >= 0.6 is 0 Å². The van der Waals surface area contributed by atoms with Crippen LogP contribution in [0.4, 0.5) is 0 Å². The summed E-state index contributed by atoms with van der Waals surface area (Å²) < 4.78 is 7.66. The van der Waals surface area contributed by atoms with Gasteiger partial charge in [0, 0.05) is 32.3 Å². The van der Waals surface area contributed by atoms with E-state index in [1.54, 1.807) is 10.9 Å². The normalized spacial score (nSPS) is 20.5. The molecule has 1 aromatic carbocycles. The molecule has 0 aliphatic carbocycles. The number of carboxylic acids is 1. The molecule has 1 aromatic heterocycles. The Morgan fingerprint density at radius 2 is 2.11 bits per heavy atom. The quantitative estimate of drug-likeness (QED) is 0.728. The fraction of sp³-hybridized carbons (Fsp3) is 0.476. The summed E-state index contributed by atoms with van der Waals surface area (Å²) in [6.07, 6.45) is 3.93. The SMILES string of the molecule is Cn1nccc1[C@@H]1OCCC[C@H]1C(=O)NC(CCC(=O)O)Cc1ccccc1. The van der Waals surface area contributed by atoms with E-state index in [4.69, 9.17) is 9.84 Å². The number of aromatic nitrogens is 2. The van der Waals surface area contributed by atoms with Crippen LogP contribution in [0.3, 0.4) is 0 Å². The molecule has 1 fully saturated rings. The van der Waals surface area contributed by atoms with Gasteiger partial charge in [0.15, 0.2) is 0 Å². The molecule has 3 rings (SSSR count). The third kappa shape index (κ3) is 5.19. The second-order valence-electron chi connectivity index (χ2n) is 7.25. The first kappa shape index (κ1) is 20.1. The Bertz CT molecular complexity index is 790. The van der Waals surface area contributed by atoms with Gasteiger partial charge in [-0.3, -0.25) is 14.3 Å². The Hall–Kier alpha value is -2.67. The average Bonchev–Trinajstić information content (AvgIpc) is 3.12. The van der Waals surface area contributed by atoms with E-state index in [2.05, 4.69) is 10.4 Å². The molecular formula is C21H27N3O4. The number of rotatable bonds is 8. The van der Waals surface area contributed by atoms with E-state index in [1.165, 1.54) is 0 Å². The van der Waals surface area contributed by atoms with E-state index in [-0.39, 0.29) is 30.4 Å². The highest BCUT2D eigenvalue weighted by Crippen LogP contribution is 2.33. The number of hydrogen-bond acceptors (Lipinski definition) is 4. The number of carbonyl (C=O) groups excluding carboxylic acids is 1. The van der Waals surface area contributed by atoms with Crippen molar-refractivity contribution in [3.63, 3.8) is 0 Å². The highest BCUT2D eigenvalue weighted by atomic mass is 16.5. The lowest BCUT2D eigenvalue weighted by Crippen LogP contribution is -2.44. The summed E-state index contributed by atoms with van der Waals surface area (Å²) in [6, 6.07) is 11.4. The average molecular weight is 385 g/mol. The fourth-order valence-corrected chi connectivity index (χ4v) is 3.73. The fourth-order valence-electron chi connectivity index (χ4n) is 3.73. The van der Waals surface area contributed by atoms with E-state index >= 15 is 0 Å². The molecule has 7 nitrogen and oxygen atoms in total. The Morgan fingerprint density at radius 3 is 2.79 bits per heavy atom. The van der Waals surface area contributed by atoms with Crippen LogP contribution in [0.15, 0.2) is 42.6 Å². The van der Waals surface area contributed by atoms with Crippen molar-refractivity contribution >= 4 is 11.9 Å². The van der Waals surface area contributed by atoms with Crippen LogP contribution in [0.1, 0.15) is 43.0 Å². The summed E-state index contributed by atoms with van der Waals surface area (Å²) >= 11 is 0. The Morgan fingerprint density at radius 1 is 1.32 bits per heavy atom. The van der Waals surface area contributed by atoms with Crippen molar-refractivity contribution in [1.82, 2.24) is 15.1 Å². The van der Waals surface area contributed by atoms with Gasteiger partial charge in [0.25, 0.3) is 0 Å². The van der Waals surface area contributed by atoms with Crippen molar-refractivity contribution in [1.29, 1.82) is 0 Å². The van der Waals surface area contributed by atoms with Gasteiger partial charge in [-0.25, -0.2) is 0 Å². The van der Waals surface area contributed by atoms with Gasteiger partial charge in [-0.2, -0.15) is 5.10 Å². The summed E-state index contributed by atoms with van der Waals surface area (Å²) in [5.41, 5.74) is 1.95. The second-order valence-corrected chi connectivity index (χ2v) is 7.25. The number of carboxylic acid groups (broad SMARTS) is 1. The number of benzene rings is 1. The van der Waals surface area contributed by atoms with E-state index in [0.717, 1.165) is 24.1 Å². The van der Waals surface area contributed by atoms with Crippen LogP contribution in [0.25, 0.3) is 0 Å². The number of nitrogens with zero attached hydrogens (tertiary/aromatic N) is 2. The number of aryl methyl sites for hydroxylation is 1. The minimum Gasteiger partial charge on any atom is -0.481 e. The van der Waals surface area contributed by atoms with Gasteiger partial charge in [0.05, 0.1) is 11.6 Å². The molecule has 28 heavy (non-hydrogen) atoms. The highest BCUT2D eigenvalue weighted by Gasteiger charge is 2.35. The van der Waals surface area contributed by atoms with Gasteiger partial charge in [-0.05, 0) is 37.3 Å². The maximum Gasteiger partial charge on any atom is 0.303 e. The summed E-state index contributed by atoms with van der Waals surface area (Å²) in [5.74, 6) is -1.26. The number of amides is 1. The van der Waals surface area contributed by atoms with E-state index in [9.17, 15) is 9.59 Å². The van der Waals surface area contributed by atoms with Crippen LogP contribution in [-0.4, -0.2) is 39.4 Å². The Kier molecular flexibility index (Phi) is 6.81. The number of aliphatic carboxylic acids is 1. The molecule has 7 heteroatoms. The van der Waals surface area contributed by atoms with Crippen molar-refractivity contribution in [2.45, 2.75) is 44.2 Å². The maximum absolute atomic E-state index is 13.1. The van der Waals surface area contributed by atoms with Gasteiger partial charge in [-0.1, -0.05) is 30.3 Å². The number of hydrogen-bond donors (Lipinski definition) is 2. The summed E-state index contributed by atoms with van der Waals surface area (Å²) in [7, 11) is 1.84. The molecule has 3 atom stereocenters. The molecule has 1 aliphatic rings. The monoisotopic (exact) mass is 385 g/mol. The zero-order chi connectivity index (χ0) is 19.9. The third-order valence-electron chi connectivity index (χ3n) is 5.19. The van der Waals surface area contributed by atoms with Crippen LogP contribution in [0, 0.1) is 5.92 Å². The van der Waals surface area contributed by atoms with Gasteiger partial charge in [0.1, 0.15) is 6.10 Å². The van der Waals surface area contributed by atoms with Crippen molar-refractivity contribution in [3.05, 3.63) is 53.9 Å². The van der Waals surface area contributed by atoms with Crippen molar-refractivity contribution in [3.8, 4) is 0 Å². The van der Waals surface area contributed by atoms with Crippen LogP contribution in [-0.2, 0) is 27.8 Å². The molecule has 0 bridgehead atoms. The standard InChI is InChI=1S/C21H27N3O4/c1-24-18(11-12-22-24)20-17(8-5-13-28-20)21(27)23-16(9-10-19(25)26)14-15-6-3-2-4-7-15/h2-4,6-7,11-12,16-17,20H,5,8-10,13-14H2,1H3,(H,23,27)(H,25,26)/t16?,17-,20-/m1/s1. The van der Waals surface area contributed by atoms with Gasteiger partial charge in [-0.15, -0.1) is 0 Å². The largest absolute Gasteiger partial charge is 0.481 e. The zero-order valence-electron chi connectivity index (χ0n) is 16.1. The molecule has 2 heterocycles. The second kappa shape index (κ2) is 9.50. The van der Waals surface area contributed by atoms with Crippen molar-refractivity contribution in [2.75, 3.05) is 6.61 Å². The van der Waals surface area contributed by atoms with Gasteiger partial charge < -0.3 is 15.2 Å². The molecule has 0 saturated carbocycles. The molecule has 0 radical (unpaired) electrons. The van der Waals surface area contributed by atoms with Crippen LogP contribution < -0.4 is 5.32 Å². The molecule has 0 spiro atoms. The topological polar surface area (TPSA) is 93.5 Å². The molecule has 1 amide bonds. The molecule has 1 unspecified atom stereocenters. The molecule has 150 valence electrons. The molecule has 2 N–H and O–H groups in total. The molecule has 1 saturated heterocycles. The number of nitrogens with one attached hydrogen (secondary N) is 1. The van der Waals surface area contributed by atoms with Crippen LogP contribution in [0.2, 0.25) is 0 Å². The lowest BCUT2D eigenvalue weighted by molar-refractivity contribution is -0.139. The van der Waals surface area contributed by atoms with Gasteiger partial charge in [0.2, 0.25) is 5.91 Å². The highest BCUT2D eigenvalue weighted by molar-refractivity contribution is 5.80. The van der Waals surface area contributed by atoms with Crippen molar-refractivity contribution < 1.29 is 19.4 Å².